The van der Waals surface area contributed by atoms with Crippen molar-refractivity contribution >= 4 is 69.6 Å². The van der Waals surface area contributed by atoms with Crippen LogP contribution in [0.4, 0.5) is 0 Å². The molecule has 1 aromatic rings. The lowest BCUT2D eigenvalue weighted by molar-refractivity contribution is 0.474. The molecule has 1 nitrogen and oxygen atoms in total. The number of aromatic hydroxyl groups is 1. The van der Waals surface area contributed by atoms with Crippen LogP contribution in [-0.4, -0.2) is 5.11 Å². The molecular weight excluding hydrogens is 325 g/mol. The van der Waals surface area contributed by atoms with E-state index in [0.717, 1.165) is 0 Å². The fourth-order valence-electron chi connectivity index (χ4n) is 0.939. The molecule has 1 rings (SSSR count). The van der Waals surface area contributed by atoms with Gasteiger partial charge >= 0.3 is 0 Å². The summed E-state index contributed by atoms with van der Waals surface area (Å²) in [5.41, 5.74) is 0.461. The molecule has 0 radical (unpaired) electrons. The fraction of sp³-hybridized carbons (Fsp3) is 0.250. The lowest BCUT2D eigenvalue weighted by Gasteiger charge is -2.17. The molecular formula is C8H4Cl6O. The Hall–Kier alpha value is 0.760. The lowest BCUT2D eigenvalue weighted by atomic mass is 10.1. The predicted molar refractivity (Wildman–Crippen MR) is 66.6 cm³/mol. The van der Waals surface area contributed by atoms with Crippen molar-refractivity contribution in [3.8, 4) is 5.75 Å². The van der Waals surface area contributed by atoms with Crippen LogP contribution in [0.25, 0.3) is 0 Å². The van der Waals surface area contributed by atoms with Gasteiger partial charge in [0.05, 0.1) is 0 Å². The van der Waals surface area contributed by atoms with Crippen LogP contribution in [0, 0.1) is 0 Å². The van der Waals surface area contributed by atoms with Gasteiger partial charge in [-0.2, -0.15) is 0 Å². The summed E-state index contributed by atoms with van der Waals surface area (Å²) >= 11 is 33.9. The van der Waals surface area contributed by atoms with Gasteiger partial charge in [-0.05, 0) is 18.2 Å². The van der Waals surface area contributed by atoms with Crippen molar-refractivity contribution in [3.63, 3.8) is 0 Å². The SMILES string of the molecule is Oc1cc(C(Cl)(Cl)Cl)cc(C(Cl)(Cl)Cl)c1. The average molecular weight is 329 g/mol. The molecule has 7 heteroatoms. The molecule has 0 aliphatic heterocycles. The van der Waals surface area contributed by atoms with Crippen LogP contribution in [0.5, 0.6) is 5.75 Å². The molecule has 84 valence electrons. The summed E-state index contributed by atoms with van der Waals surface area (Å²) in [6.45, 7) is 0. The second-order valence-corrected chi connectivity index (χ2v) is 7.33. The number of benzene rings is 1. The number of halogens is 6. The zero-order valence-electron chi connectivity index (χ0n) is 6.95. The van der Waals surface area contributed by atoms with Crippen LogP contribution in [0.15, 0.2) is 18.2 Å². The number of rotatable bonds is 0. The zero-order valence-corrected chi connectivity index (χ0v) is 11.5. The van der Waals surface area contributed by atoms with Gasteiger partial charge in [0, 0.05) is 11.1 Å². The minimum atomic E-state index is -1.68. The van der Waals surface area contributed by atoms with E-state index in [-0.39, 0.29) is 16.9 Å². The topological polar surface area (TPSA) is 20.2 Å². The molecule has 0 aliphatic rings. The van der Waals surface area contributed by atoms with E-state index >= 15 is 0 Å². The van der Waals surface area contributed by atoms with Crippen molar-refractivity contribution < 1.29 is 5.11 Å². The standard InChI is InChI=1S/C8H4Cl6O/c9-7(10,11)4-1-5(8(12,13)14)3-6(15)2-4/h1-3,15H. The zero-order chi connectivity index (χ0) is 11.9. The van der Waals surface area contributed by atoms with Gasteiger partial charge < -0.3 is 5.11 Å². The Kier molecular flexibility index (Phi) is 4.20. The first-order valence-corrected chi connectivity index (χ1v) is 5.86. The van der Waals surface area contributed by atoms with E-state index in [1.807, 2.05) is 0 Å². The quantitative estimate of drug-likeness (QED) is 0.661. The van der Waals surface area contributed by atoms with E-state index in [1.54, 1.807) is 0 Å². The van der Waals surface area contributed by atoms with Crippen LogP contribution in [-0.2, 0) is 7.59 Å². The lowest BCUT2D eigenvalue weighted by Crippen LogP contribution is -2.05. The maximum absolute atomic E-state index is 9.37. The first kappa shape index (κ1) is 13.8. The number of alkyl halides is 6. The summed E-state index contributed by atoms with van der Waals surface area (Å²) in [6, 6.07) is 3.97. The molecule has 0 aromatic heterocycles. The Balaban J connectivity index is 3.30. The van der Waals surface area contributed by atoms with Gasteiger partial charge in [0.25, 0.3) is 0 Å². The number of phenolic OH excluding ortho intramolecular Hbond substituents is 1. The van der Waals surface area contributed by atoms with E-state index in [0.29, 0.717) is 0 Å². The van der Waals surface area contributed by atoms with Gasteiger partial charge in [-0.25, -0.2) is 0 Å². The van der Waals surface area contributed by atoms with Crippen molar-refractivity contribution in [2.75, 3.05) is 0 Å². The largest absolute Gasteiger partial charge is 0.508 e. The van der Waals surface area contributed by atoms with Crippen molar-refractivity contribution in [2.24, 2.45) is 0 Å². The van der Waals surface area contributed by atoms with Crippen LogP contribution in [0.1, 0.15) is 11.1 Å². The Labute approximate surface area is 117 Å². The summed E-state index contributed by atoms with van der Waals surface area (Å²) in [7, 11) is 0. The minimum absolute atomic E-state index is 0.139. The van der Waals surface area contributed by atoms with Crippen molar-refractivity contribution in [1.29, 1.82) is 0 Å². The number of hydrogen-bond acceptors (Lipinski definition) is 1. The highest BCUT2D eigenvalue weighted by molar-refractivity contribution is 6.67. The van der Waals surface area contributed by atoms with E-state index in [4.69, 9.17) is 69.6 Å². The molecule has 0 atom stereocenters. The molecule has 0 amide bonds. The van der Waals surface area contributed by atoms with Crippen LogP contribution in [0.3, 0.4) is 0 Å². The van der Waals surface area contributed by atoms with Gasteiger partial charge in [-0.3, -0.25) is 0 Å². The summed E-state index contributed by atoms with van der Waals surface area (Å²) in [5, 5.41) is 9.37. The molecule has 0 fully saturated rings. The van der Waals surface area contributed by atoms with Gasteiger partial charge in [0.15, 0.2) is 0 Å². The third-order valence-electron chi connectivity index (χ3n) is 1.57. The van der Waals surface area contributed by atoms with E-state index in [1.165, 1.54) is 18.2 Å². The van der Waals surface area contributed by atoms with Gasteiger partial charge in [0.1, 0.15) is 5.75 Å². The molecule has 0 bridgehead atoms. The summed E-state index contributed by atoms with van der Waals surface area (Å²) in [4.78, 5) is 0. The Morgan fingerprint density at radius 2 is 1.07 bits per heavy atom. The third kappa shape index (κ3) is 3.92. The predicted octanol–water partition coefficient (Wildman–Crippen LogP) is 5.05. The number of hydrogen-bond donors (Lipinski definition) is 1. The molecule has 0 saturated heterocycles. The van der Waals surface area contributed by atoms with E-state index in [2.05, 4.69) is 0 Å². The molecule has 15 heavy (non-hydrogen) atoms. The van der Waals surface area contributed by atoms with Gasteiger partial charge in [0.2, 0.25) is 7.59 Å². The summed E-state index contributed by atoms with van der Waals surface area (Å²) in [5.74, 6) is -0.139. The molecule has 0 saturated carbocycles. The highest BCUT2D eigenvalue weighted by Gasteiger charge is 2.29. The first-order chi connectivity index (χ1) is 6.60. The molecule has 0 spiro atoms. The number of phenols is 1. The maximum atomic E-state index is 9.37. The van der Waals surface area contributed by atoms with Crippen LogP contribution in [0.2, 0.25) is 0 Å². The van der Waals surface area contributed by atoms with Crippen LogP contribution < -0.4 is 0 Å². The first-order valence-electron chi connectivity index (χ1n) is 3.59. The normalized spacial score (nSPS) is 12.9. The average Bonchev–Trinajstić information content (AvgIpc) is 1.99. The highest BCUT2D eigenvalue weighted by atomic mass is 35.6. The van der Waals surface area contributed by atoms with E-state index in [9.17, 15) is 5.11 Å². The summed E-state index contributed by atoms with van der Waals surface area (Å²) in [6.07, 6.45) is 0. The van der Waals surface area contributed by atoms with Crippen LogP contribution >= 0.6 is 69.6 Å². The summed E-state index contributed by atoms with van der Waals surface area (Å²) < 4.78 is -3.35. The molecule has 0 heterocycles. The monoisotopic (exact) mass is 326 g/mol. The second-order valence-electron chi connectivity index (χ2n) is 2.76. The molecule has 0 unspecified atom stereocenters. The second kappa shape index (κ2) is 4.56. The minimum Gasteiger partial charge on any atom is -0.508 e. The Morgan fingerprint density at radius 1 is 0.733 bits per heavy atom. The molecule has 1 aromatic carbocycles. The van der Waals surface area contributed by atoms with Gasteiger partial charge in [-0.1, -0.05) is 69.6 Å². The Morgan fingerprint density at radius 3 is 1.33 bits per heavy atom. The maximum Gasteiger partial charge on any atom is 0.216 e. The Bertz CT molecular complexity index is 332. The van der Waals surface area contributed by atoms with Crippen molar-refractivity contribution in [2.45, 2.75) is 7.59 Å². The van der Waals surface area contributed by atoms with Gasteiger partial charge in [-0.15, -0.1) is 0 Å². The smallest absolute Gasteiger partial charge is 0.216 e. The molecule has 1 N–H and O–H groups in total. The molecule has 0 aliphatic carbocycles. The highest BCUT2D eigenvalue weighted by Crippen LogP contribution is 2.44. The van der Waals surface area contributed by atoms with Crippen molar-refractivity contribution in [3.05, 3.63) is 29.3 Å². The fourth-order valence-corrected chi connectivity index (χ4v) is 1.59. The van der Waals surface area contributed by atoms with E-state index < -0.39 is 7.59 Å². The van der Waals surface area contributed by atoms with Crippen molar-refractivity contribution in [1.82, 2.24) is 0 Å². The third-order valence-corrected chi connectivity index (χ3v) is 2.88.